The Bertz CT molecular complexity index is 286. The lowest BCUT2D eigenvalue weighted by molar-refractivity contribution is 0.0706. The number of ether oxygens (including phenoxy) is 1. The van der Waals surface area contributed by atoms with Gasteiger partial charge in [0.15, 0.2) is 5.05 Å². The van der Waals surface area contributed by atoms with Crippen molar-refractivity contribution >= 4 is 26.1 Å². The molecule has 0 N–H and O–H groups in total. The molecule has 0 rings (SSSR count). The van der Waals surface area contributed by atoms with Crippen molar-refractivity contribution in [3.63, 3.8) is 0 Å². The van der Waals surface area contributed by atoms with Gasteiger partial charge in [-0.3, -0.25) is 0 Å². The van der Waals surface area contributed by atoms with Crippen LogP contribution in [0.1, 0.15) is 79.1 Å². The molecular weight excluding hydrogens is 340 g/mol. The molecule has 0 spiro atoms. The molecule has 0 atom stereocenters. The van der Waals surface area contributed by atoms with E-state index in [1.807, 2.05) is 27.7 Å². The van der Waals surface area contributed by atoms with Crippen molar-refractivity contribution in [3.05, 3.63) is 0 Å². The Hall–Kier alpha value is -0.0131. The third-order valence-corrected chi connectivity index (χ3v) is 7.04. The van der Waals surface area contributed by atoms with Crippen molar-refractivity contribution in [2.24, 2.45) is 0 Å². The quantitative estimate of drug-likeness (QED) is 0.189. The molecule has 0 aliphatic heterocycles. The highest BCUT2D eigenvalue weighted by atomic mass is 32.1. The van der Waals surface area contributed by atoms with Crippen molar-refractivity contribution in [2.45, 2.75) is 85.1 Å². The third-order valence-electron chi connectivity index (χ3n) is 3.78. The van der Waals surface area contributed by atoms with Crippen molar-refractivity contribution in [3.8, 4) is 0 Å². The van der Waals surface area contributed by atoms with Crippen LogP contribution in [0, 0.1) is 0 Å². The predicted octanol–water partition coefficient (Wildman–Crippen LogP) is 5.52. The van der Waals surface area contributed by atoms with E-state index in [9.17, 15) is 0 Å². The lowest BCUT2D eigenvalue weighted by atomic mass is 10.1. The van der Waals surface area contributed by atoms with Gasteiger partial charge >= 0.3 is 8.80 Å². The molecule has 0 amide bonds. The molecule has 6 heteroatoms. The summed E-state index contributed by atoms with van der Waals surface area (Å²) in [6.07, 6.45) is 9.89. The van der Waals surface area contributed by atoms with Gasteiger partial charge < -0.3 is 18.0 Å². The van der Waals surface area contributed by atoms with Crippen LogP contribution in [0.3, 0.4) is 0 Å². The fourth-order valence-electron chi connectivity index (χ4n) is 2.72. The van der Waals surface area contributed by atoms with E-state index in [1.165, 1.54) is 38.5 Å². The fourth-order valence-corrected chi connectivity index (χ4v) is 5.49. The molecule has 0 unspecified atom stereocenters. The summed E-state index contributed by atoms with van der Waals surface area (Å²) in [5.41, 5.74) is 0. The van der Waals surface area contributed by atoms with Gasteiger partial charge in [-0.15, -0.1) is 0 Å². The van der Waals surface area contributed by atoms with Crippen LogP contribution in [0.2, 0.25) is 6.04 Å². The largest absolute Gasteiger partial charge is 0.500 e. The Morgan fingerprint density at radius 1 is 0.708 bits per heavy atom. The first kappa shape index (κ1) is 24.0. The molecule has 0 aliphatic carbocycles. The van der Waals surface area contributed by atoms with Gasteiger partial charge in [0, 0.05) is 32.8 Å². The highest BCUT2D eigenvalue weighted by molar-refractivity contribution is 7.80. The number of thiocarbonyl (C=S) groups is 1. The summed E-state index contributed by atoms with van der Waals surface area (Å²) in [4.78, 5) is 0. The number of rotatable bonds is 17. The maximum atomic E-state index is 5.88. The second kappa shape index (κ2) is 16.5. The Labute approximate surface area is 156 Å². The zero-order chi connectivity index (χ0) is 18.1. The molecule has 0 radical (unpaired) electrons. The SMILES string of the molecule is CCO[Si](CCCCCCCCCCOC(C)=S)(OCC)OCC. The van der Waals surface area contributed by atoms with Gasteiger partial charge in [-0.25, -0.2) is 0 Å². The molecule has 24 heavy (non-hydrogen) atoms. The second-order valence-corrected chi connectivity index (χ2v) is 9.21. The van der Waals surface area contributed by atoms with Crippen molar-refractivity contribution in [1.82, 2.24) is 0 Å². The minimum atomic E-state index is -2.42. The van der Waals surface area contributed by atoms with Gasteiger partial charge in [0.2, 0.25) is 0 Å². The van der Waals surface area contributed by atoms with E-state index in [1.54, 1.807) is 0 Å². The molecule has 0 saturated heterocycles. The summed E-state index contributed by atoms with van der Waals surface area (Å²) in [6.45, 7) is 10.6. The maximum Gasteiger partial charge on any atom is 0.500 e. The maximum absolute atomic E-state index is 5.88. The van der Waals surface area contributed by atoms with Crippen LogP contribution in [0.4, 0.5) is 0 Å². The first-order valence-corrected chi connectivity index (χ1v) is 12.0. The highest BCUT2D eigenvalue weighted by Gasteiger charge is 2.39. The summed E-state index contributed by atoms with van der Waals surface area (Å²) in [5, 5.41) is 0.654. The molecule has 0 fully saturated rings. The minimum absolute atomic E-state index is 0.654. The van der Waals surface area contributed by atoms with Gasteiger partial charge in [0.05, 0.1) is 6.61 Å². The van der Waals surface area contributed by atoms with E-state index in [4.69, 9.17) is 30.2 Å². The minimum Gasteiger partial charge on any atom is -0.487 e. The first-order valence-electron chi connectivity index (χ1n) is 9.65. The molecule has 0 heterocycles. The van der Waals surface area contributed by atoms with E-state index in [0.717, 1.165) is 25.5 Å². The topological polar surface area (TPSA) is 36.9 Å². The number of hydrogen-bond acceptors (Lipinski definition) is 5. The number of hydrogen-bond donors (Lipinski definition) is 0. The van der Waals surface area contributed by atoms with E-state index in [2.05, 4.69) is 0 Å². The van der Waals surface area contributed by atoms with Gasteiger partial charge in [-0.2, -0.15) is 0 Å². The van der Waals surface area contributed by atoms with Crippen molar-refractivity contribution < 1.29 is 18.0 Å². The fraction of sp³-hybridized carbons (Fsp3) is 0.944. The summed E-state index contributed by atoms with van der Waals surface area (Å²) in [6, 6.07) is 0.941. The normalized spacial score (nSPS) is 11.7. The van der Waals surface area contributed by atoms with E-state index >= 15 is 0 Å². The van der Waals surface area contributed by atoms with Crippen LogP contribution >= 0.6 is 12.2 Å². The average molecular weight is 379 g/mol. The predicted molar refractivity (Wildman–Crippen MR) is 107 cm³/mol. The van der Waals surface area contributed by atoms with E-state index in [0.29, 0.717) is 24.9 Å². The zero-order valence-electron chi connectivity index (χ0n) is 16.2. The molecule has 0 aromatic heterocycles. The molecule has 4 nitrogen and oxygen atoms in total. The molecule has 144 valence electrons. The van der Waals surface area contributed by atoms with Crippen molar-refractivity contribution in [1.29, 1.82) is 0 Å². The number of unbranched alkanes of at least 4 members (excludes halogenated alkanes) is 7. The standard InChI is InChI=1S/C18H38O4SSi/c1-5-20-24(21-6-2,22-7-3)17-15-13-11-9-8-10-12-14-16-19-18(4)23/h5-17H2,1-4H3. The lowest BCUT2D eigenvalue weighted by Crippen LogP contribution is -2.45. The van der Waals surface area contributed by atoms with Gasteiger partial charge in [-0.1, -0.05) is 38.5 Å². The lowest BCUT2D eigenvalue weighted by Gasteiger charge is -2.28. The van der Waals surface area contributed by atoms with Crippen LogP contribution in [0.25, 0.3) is 0 Å². The molecule has 0 aromatic carbocycles. The van der Waals surface area contributed by atoms with Crippen LogP contribution < -0.4 is 0 Å². The summed E-state index contributed by atoms with van der Waals surface area (Å²) >= 11 is 4.88. The second-order valence-electron chi connectivity index (χ2n) is 5.90. The first-order chi connectivity index (χ1) is 11.6. The van der Waals surface area contributed by atoms with E-state index in [-0.39, 0.29) is 0 Å². The highest BCUT2D eigenvalue weighted by Crippen LogP contribution is 2.20. The van der Waals surface area contributed by atoms with Crippen LogP contribution in [-0.4, -0.2) is 40.3 Å². The van der Waals surface area contributed by atoms with Crippen molar-refractivity contribution in [2.75, 3.05) is 26.4 Å². The molecule has 0 bridgehead atoms. The third kappa shape index (κ3) is 13.3. The average Bonchev–Trinajstić information content (AvgIpc) is 2.53. The monoisotopic (exact) mass is 378 g/mol. The summed E-state index contributed by atoms with van der Waals surface area (Å²) in [7, 11) is -2.42. The van der Waals surface area contributed by atoms with Gasteiger partial charge in [0.25, 0.3) is 0 Å². The van der Waals surface area contributed by atoms with Crippen LogP contribution in [-0.2, 0) is 18.0 Å². The Morgan fingerprint density at radius 3 is 1.54 bits per heavy atom. The van der Waals surface area contributed by atoms with E-state index < -0.39 is 8.80 Å². The molecular formula is C18H38O4SSi. The van der Waals surface area contributed by atoms with Crippen LogP contribution in [0.5, 0.6) is 0 Å². The summed E-state index contributed by atoms with van der Waals surface area (Å²) in [5.74, 6) is 0. The Morgan fingerprint density at radius 2 is 1.12 bits per heavy atom. The smallest absolute Gasteiger partial charge is 0.487 e. The molecule has 0 aliphatic rings. The zero-order valence-corrected chi connectivity index (χ0v) is 18.1. The molecule has 0 aromatic rings. The molecule has 0 saturated carbocycles. The summed E-state index contributed by atoms with van der Waals surface area (Å²) < 4.78 is 22.9. The van der Waals surface area contributed by atoms with Gasteiger partial charge in [-0.05, 0) is 45.8 Å². The Balaban J connectivity index is 3.65. The van der Waals surface area contributed by atoms with Crippen LogP contribution in [0.15, 0.2) is 0 Å². The Kier molecular flexibility index (Phi) is 16.4. The van der Waals surface area contributed by atoms with Gasteiger partial charge in [0.1, 0.15) is 0 Å².